The zero-order chi connectivity index (χ0) is 22.5. The molecular formula is H13NO20S5. The summed E-state index contributed by atoms with van der Waals surface area (Å²) >= 11 is 0. The topological polar surface area (TPSA) is 408 Å². The van der Waals surface area contributed by atoms with Crippen molar-refractivity contribution in [3.8, 4) is 0 Å². The van der Waals surface area contributed by atoms with Crippen molar-refractivity contribution >= 4 is 52.0 Å². The molecule has 0 saturated carbocycles. The predicted octanol–water partition coefficient (Wildman–Crippen LogP) is -3.10. The van der Waals surface area contributed by atoms with Crippen LogP contribution in [0.15, 0.2) is 0 Å². The first-order valence-electron chi connectivity index (χ1n) is 3.49. The molecular weight excluding hydrogens is 494 g/mol. The highest BCUT2D eigenvalue weighted by atomic mass is 32.3. The van der Waals surface area contributed by atoms with E-state index in [9.17, 15) is 0 Å². The van der Waals surface area contributed by atoms with E-state index in [1.807, 2.05) is 0 Å². The Hall–Kier alpha value is -0.690. The molecule has 21 nitrogen and oxygen atoms in total. The number of hydrogen-bond donors (Lipinski definition) is 11. The van der Waals surface area contributed by atoms with Crippen molar-refractivity contribution in [1.82, 2.24) is 6.15 Å². The molecule has 0 radical (unpaired) electrons. The van der Waals surface area contributed by atoms with E-state index in [1.165, 1.54) is 0 Å². The molecule has 0 aromatic heterocycles. The quantitative estimate of drug-likeness (QED) is 0.144. The van der Waals surface area contributed by atoms with Crippen LogP contribution in [0.25, 0.3) is 0 Å². The van der Waals surface area contributed by atoms with Crippen molar-refractivity contribution in [3.05, 3.63) is 0 Å². The smallest absolute Gasteiger partial charge is 0.344 e. The van der Waals surface area contributed by atoms with Gasteiger partial charge in [-0.3, -0.25) is 45.5 Å². The van der Waals surface area contributed by atoms with E-state index in [4.69, 9.17) is 87.6 Å². The van der Waals surface area contributed by atoms with Crippen molar-refractivity contribution in [2.45, 2.75) is 0 Å². The molecule has 0 aliphatic carbocycles. The molecule has 0 bridgehead atoms. The van der Waals surface area contributed by atoms with E-state index in [1.54, 1.807) is 0 Å². The van der Waals surface area contributed by atoms with Crippen molar-refractivity contribution < 1.29 is 87.6 Å². The average molecular weight is 507 g/mol. The Morgan fingerprint density at radius 3 is 0.269 bits per heavy atom. The van der Waals surface area contributed by atoms with E-state index in [0.29, 0.717) is 0 Å². The first kappa shape index (κ1) is 40.1. The fourth-order valence-electron chi connectivity index (χ4n) is 0. The van der Waals surface area contributed by atoms with Gasteiger partial charge >= 0.3 is 52.0 Å². The second kappa shape index (κ2) is 15.4. The Balaban J connectivity index is -0.0000000476. The lowest BCUT2D eigenvalue weighted by Gasteiger charge is -1.68. The highest BCUT2D eigenvalue weighted by Gasteiger charge is 1.86. The van der Waals surface area contributed by atoms with Crippen LogP contribution in [-0.4, -0.2) is 87.6 Å². The van der Waals surface area contributed by atoms with Crippen LogP contribution in [0, 0.1) is 0 Å². The van der Waals surface area contributed by atoms with Crippen LogP contribution in [0.1, 0.15) is 0 Å². The SMILES string of the molecule is N.O=S(=O)(O)O.O=S(=O)(O)O.O=S(=O)(O)O.O=S(=O)(O)O.O=S(=O)(O)O. The molecule has 0 rings (SSSR count). The molecule has 0 aliphatic rings. The van der Waals surface area contributed by atoms with Crippen LogP contribution in [0.3, 0.4) is 0 Å². The van der Waals surface area contributed by atoms with E-state index < -0.39 is 52.0 Å². The molecule has 26 heavy (non-hydrogen) atoms. The Kier molecular flexibility index (Phi) is 23.7. The molecule has 13 N–H and O–H groups in total. The van der Waals surface area contributed by atoms with Gasteiger partial charge in [-0.15, -0.1) is 0 Å². The number of rotatable bonds is 0. The monoisotopic (exact) mass is 507 g/mol. The standard InChI is InChI=1S/H3N.5H2O4S/c;5*1-5(2,3)4/h1H3;5*(H2,1,2,3,4). The van der Waals surface area contributed by atoms with Gasteiger partial charge in [-0.1, -0.05) is 0 Å². The summed E-state index contributed by atoms with van der Waals surface area (Å²) in [5.41, 5.74) is 0. The maximum Gasteiger partial charge on any atom is 0.394 e. The first-order valence-corrected chi connectivity index (χ1v) is 10.5. The minimum Gasteiger partial charge on any atom is -0.344 e. The lowest BCUT2D eigenvalue weighted by Crippen LogP contribution is -1.89. The molecule has 0 heterocycles. The van der Waals surface area contributed by atoms with Crippen LogP contribution in [0.2, 0.25) is 0 Å². The van der Waals surface area contributed by atoms with Crippen molar-refractivity contribution in [2.75, 3.05) is 0 Å². The summed E-state index contributed by atoms with van der Waals surface area (Å²) in [4.78, 5) is 0. The summed E-state index contributed by atoms with van der Waals surface area (Å²) in [6, 6.07) is 0. The van der Waals surface area contributed by atoms with E-state index >= 15 is 0 Å². The highest BCUT2D eigenvalue weighted by Crippen LogP contribution is 1.60. The third-order valence-electron chi connectivity index (χ3n) is 0. The third-order valence-corrected chi connectivity index (χ3v) is 0. The molecule has 26 heteroatoms. The van der Waals surface area contributed by atoms with Gasteiger partial charge in [0.2, 0.25) is 0 Å². The molecule has 0 fully saturated rings. The van der Waals surface area contributed by atoms with E-state index in [0.717, 1.165) is 0 Å². The maximum absolute atomic E-state index is 8.74. The Bertz CT molecular complexity index is 614. The Labute approximate surface area is 146 Å². The highest BCUT2D eigenvalue weighted by molar-refractivity contribution is 7.80. The van der Waals surface area contributed by atoms with Crippen LogP contribution in [0.5, 0.6) is 0 Å². The predicted molar refractivity (Wildman–Crippen MR) is 75.9 cm³/mol. The Morgan fingerprint density at radius 2 is 0.269 bits per heavy atom. The molecule has 0 amide bonds. The molecule has 0 atom stereocenters. The number of hydrogen-bond acceptors (Lipinski definition) is 11. The lowest BCUT2D eigenvalue weighted by atomic mass is 14.0. The average Bonchev–Trinajstić information content (AvgIpc) is 1.79. The largest absolute Gasteiger partial charge is 0.394 e. The normalized spacial score (nSPS) is 11.2. The second-order valence-electron chi connectivity index (χ2n) is 2.24. The van der Waals surface area contributed by atoms with Gasteiger partial charge in [0.25, 0.3) is 0 Å². The van der Waals surface area contributed by atoms with Crippen LogP contribution < -0.4 is 6.15 Å². The first-order chi connectivity index (χ1) is 10.0. The molecule has 0 unspecified atom stereocenters. The molecule has 0 spiro atoms. The molecule has 0 aliphatic heterocycles. The Morgan fingerprint density at radius 1 is 0.269 bits per heavy atom. The van der Waals surface area contributed by atoms with Gasteiger partial charge in [-0.2, -0.15) is 42.1 Å². The maximum atomic E-state index is 8.74. The summed E-state index contributed by atoms with van der Waals surface area (Å²) < 4.78 is 158. The van der Waals surface area contributed by atoms with Gasteiger partial charge in [0.1, 0.15) is 0 Å². The van der Waals surface area contributed by atoms with Crippen molar-refractivity contribution in [2.24, 2.45) is 0 Å². The summed E-state index contributed by atoms with van der Waals surface area (Å²) in [6.45, 7) is 0. The van der Waals surface area contributed by atoms with Gasteiger partial charge in [-0.05, 0) is 0 Å². The summed E-state index contributed by atoms with van der Waals surface area (Å²) in [7, 11) is -23.3. The van der Waals surface area contributed by atoms with E-state index in [2.05, 4.69) is 0 Å². The molecule has 168 valence electrons. The fourth-order valence-corrected chi connectivity index (χ4v) is 0. The lowest BCUT2D eigenvalue weighted by molar-refractivity contribution is 0.378. The van der Waals surface area contributed by atoms with Crippen molar-refractivity contribution in [1.29, 1.82) is 0 Å². The second-order valence-corrected chi connectivity index (χ2v) is 6.72. The van der Waals surface area contributed by atoms with Crippen molar-refractivity contribution in [3.63, 3.8) is 0 Å². The molecule has 0 saturated heterocycles. The van der Waals surface area contributed by atoms with Gasteiger partial charge in [0.15, 0.2) is 0 Å². The minimum atomic E-state index is -4.67. The summed E-state index contributed by atoms with van der Waals surface area (Å²) in [5, 5.41) is 0. The third kappa shape index (κ3) is 24400. The van der Waals surface area contributed by atoms with Gasteiger partial charge in [-0.25, -0.2) is 0 Å². The fraction of sp³-hybridized carbons (Fsp3) is 0. The minimum absolute atomic E-state index is 0. The van der Waals surface area contributed by atoms with E-state index in [-0.39, 0.29) is 6.15 Å². The van der Waals surface area contributed by atoms with Gasteiger partial charge in [0, 0.05) is 0 Å². The molecule has 0 aromatic rings. The van der Waals surface area contributed by atoms with Crippen LogP contribution >= 0.6 is 0 Å². The summed E-state index contributed by atoms with van der Waals surface area (Å²) in [5.74, 6) is 0. The summed E-state index contributed by atoms with van der Waals surface area (Å²) in [6.07, 6.45) is 0. The van der Waals surface area contributed by atoms with Gasteiger partial charge < -0.3 is 6.15 Å². The van der Waals surface area contributed by atoms with Crippen LogP contribution in [-0.2, 0) is 52.0 Å². The zero-order valence-electron chi connectivity index (χ0n) is 11.3. The van der Waals surface area contributed by atoms with Crippen LogP contribution in [0.4, 0.5) is 0 Å². The molecule has 0 aromatic carbocycles. The van der Waals surface area contributed by atoms with Gasteiger partial charge in [0.05, 0.1) is 0 Å². The zero-order valence-corrected chi connectivity index (χ0v) is 15.4.